The molecule has 0 aliphatic heterocycles. The van der Waals surface area contributed by atoms with E-state index in [0.717, 1.165) is 0 Å². The number of aliphatic hydroxyl groups excluding tert-OH is 2. The van der Waals surface area contributed by atoms with E-state index in [-0.39, 0.29) is 0 Å². The summed E-state index contributed by atoms with van der Waals surface area (Å²) in [6.45, 7) is -2.13. The Kier molecular flexibility index (Phi) is 8.45. The van der Waals surface area contributed by atoms with Crippen LogP contribution in [0, 0.1) is 0 Å². The van der Waals surface area contributed by atoms with Gasteiger partial charge in [-0.15, -0.1) is 0 Å². The molecule has 0 spiro atoms. The quantitative estimate of drug-likeness (QED) is 0.243. The van der Waals surface area contributed by atoms with Crippen LogP contribution in [0.2, 0.25) is 0 Å². The molecule has 0 aromatic heterocycles. The largest absolute Gasteiger partial charge is 0.469 e. The van der Waals surface area contributed by atoms with Crippen LogP contribution in [0.1, 0.15) is 0 Å². The Morgan fingerprint density at radius 2 is 1.05 bits per heavy atom. The lowest BCUT2D eigenvalue weighted by atomic mass is 10.4. The molecular formula is C6H16O11P2. The van der Waals surface area contributed by atoms with E-state index in [1.807, 2.05) is 0 Å². The Hall–Kier alpha value is 0.1000. The van der Waals surface area contributed by atoms with Gasteiger partial charge in [0.1, 0.15) is 12.2 Å². The predicted molar refractivity (Wildman–Crippen MR) is 58.8 cm³/mol. The lowest BCUT2D eigenvalue weighted by molar-refractivity contribution is -0.0357. The second kappa shape index (κ2) is 8.40. The molecule has 19 heavy (non-hydrogen) atoms. The van der Waals surface area contributed by atoms with Gasteiger partial charge in [-0.25, -0.2) is 9.13 Å². The van der Waals surface area contributed by atoms with E-state index in [0.29, 0.717) is 0 Å². The van der Waals surface area contributed by atoms with Crippen LogP contribution < -0.4 is 0 Å². The summed E-state index contributed by atoms with van der Waals surface area (Å²) in [6, 6.07) is 0. The van der Waals surface area contributed by atoms with Gasteiger partial charge in [0, 0.05) is 0 Å². The zero-order chi connectivity index (χ0) is 15.1. The molecule has 0 fully saturated rings. The fraction of sp³-hybridized carbons (Fsp3) is 1.00. The van der Waals surface area contributed by atoms with Gasteiger partial charge < -0.3 is 34.5 Å². The maximum Gasteiger partial charge on any atom is 0.469 e. The zero-order valence-corrected chi connectivity index (χ0v) is 11.4. The molecule has 0 saturated heterocycles. The van der Waals surface area contributed by atoms with Crippen LogP contribution in [0.4, 0.5) is 0 Å². The Morgan fingerprint density at radius 1 is 0.737 bits per heavy atom. The molecule has 0 aliphatic carbocycles. The van der Waals surface area contributed by atoms with Crippen molar-refractivity contribution in [1.29, 1.82) is 0 Å². The molecule has 2 atom stereocenters. The average Bonchev–Trinajstić information content (AvgIpc) is 2.22. The van der Waals surface area contributed by atoms with Crippen LogP contribution in [-0.2, 0) is 22.9 Å². The normalized spacial score (nSPS) is 16.3. The molecule has 13 heteroatoms. The number of phosphoric ester groups is 2. The fourth-order valence-corrected chi connectivity index (χ4v) is 1.54. The lowest BCUT2D eigenvalue weighted by Gasteiger charge is -2.15. The standard InChI is InChI=1S/C6H16O11P2/c7-5(3-16-18(9,10)11)1-15-2-6(8)4-17-19(12,13)14/h5-8H,1-4H2,(H2,9,10,11)(H2,12,13,14). The second-order valence-electron chi connectivity index (χ2n) is 3.42. The first-order valence-electron chi connectivity index (χ1n) is 4.83. The summed E-state index contributed by atoms with van der Waals surface area (Å²) in [5.74, 6) is 0. The van der Waals surface area contributed by atoms with E-state index in [1.54, 1.807) is 0 Å². The Balaban J connectivity index is 3.67. The van der Waals surface area contributed by atoms with Crippen LogP contribution in [-0.4, -0.2) is 68.4 Å². The summed E-state index contributed by atoms with van der Waals surface area (Å²) >= 11 is 0. The van der Waals surface area contributed by atoms with E-state index in [2.05, 4.69) is 9.05 Å². The van der Waals surface area contributed by atoms with Gasteiger partial charge in [-0.1, -0.05) is 0 Å². The molecule has 0 radical (unpaired) electrons. The highest BCUT2D eigenvalue weighted by atomic mass is 31.2. The maximum atomic E-state index is 10.3. The number of hydrogen-bond acceptors (Lipinski definition) is 7. The number of aliphatic hydroxyl groups is 2. The van der Waals surface area contributed by atoms with Crippen LogP contribution in [0.3, 0.4) is 0 Å². The van der Waals surface area contributed by atoms with Crippen molar-refractivity contribution in [3.05, 3.63) is 0 Å². The summed E-state index contributed by atoms with van der Waals surface area (Å²) in [4.78, 5) is 33.3. The second-order valence-corrected chi connectivity index (χ2v) is 5.90. The zero-order valence-electron chi connectivity index (χ0n) is 9.60. The molecule has 0 rings (SSSR count). The molecule has 6 N–H and O–H groups in total. The summed E-state index contributed by atoms with van der Waals surface area (Å²) in [6.07, 6.45) is -2.66. The number of phosphoric acid groups is 2. The Labute approximate surface area is 108 Å². The van der Waals surface area contributed by atoms with Crippen molar-refractivity contribution in [2.45, 2.75) is 12.2 Å². The molecule has 0 bridgehead atoms. The minimum atomic E-state index is -4.67. The molecule has 0 aromatic rings. The lowest BCUT2D eigenvalue weighted by Crippen LogP contribution is -2.26. The third-order valence-corrected chi connectivity index (χ3v) is 2.46. The topological polar surface area (TPSA) is 183 Å². The first kappa shape index (κ1) is 19.1. The van der Waals surface area contributed by atoms with Gasteiger partial charge in [-0.3, -0.25) is 9.05 Å². The fourth-order valence-electron chi connectivity index (χ4n) is 0.803. The van der Waals surface area contributed by atoms with Gasteiger partial charge in [-0.2, -0.15) is 0 Å². The SMILES string of the molecule is O=P(O)(O)OCC(O)COCC(O)COP(=O)(O)O. The van der Waals surface area contributed by atoms with Crippen LogP contribution in [0.15, 0.2) is 0 Å². The Morgan fingerprint density at radius 3 is 1.32 bits per heavy atom. The van der Waals surface area contributed by atoms with Crippen molar-refractivity contribution in [2.75, 3.05) is 26.4 Å². The summed E-state index contributed by atoms with van der Waals surface area (Å²) < 4.78 is 33.3. The molecule has 0 heterocycles. The van der Waals surface area contributed by atoms with Crippen molar-refractivity contribution < 1.29 is 52.7 Å². The molecule has 0 saturated carbocycles. The molecule has 2 unspecified atom stereocenters. The van der Waals surface area contributed by atoms with Gasteiger partial charge in [0.2, 0.25) is 0 Å². The molecular weight excluding hydrogens is 310 g/mol. The van der Waals surface area contributed by atoms with Crippen LogP contribution >= 0.6 is 15.6 Å². The van der Waals surface area contributed by atoms with Gasteiger partial charge in [-0.05, 0) is 0 Å². The van der Waals surface area contributed by atoms with Gasteiger partial charge in [0.25, 0.3) is 0 Å². The summed E-state index contributed by atoms with van der Waals surface area (Å²) in [5.41, 5.74) is 0. The van der Waals surface area contributed by atoms with Crippen molar-refractivity contribution in [3.8, 4) is 0 Å². The highest BCUT2D eigenvalue weighted by Gasteiger charge is 2.19. The number of rotatable bonds is 10. The molecule has 0 amide bonds. The van der Waals surface area contributed by atoms with E-state index >= 15 is 0 Å². The van der Waals surface area contributed by atoms with Crippen LogP contribution in [0.25, 0.3) is 0 Å². The van der Waals surface area contributed by atoms with Gasteiger partial charge in [0.15, 0.2) is 0 Å². The highest BCUT2D eigenvalue weighted by Crippen LogP contribution is 2.36. The van der Waals surface area contributed by atoms with Crippen molar-refractivity contribution in [3.63, 3.8) is 0 Å². The van der Waals surface area contributed by atoms with Crippen LogP contribution in [0.5, 0.6) is 0 Å². The summed E-state index contributed by atoms with van der Waals surface area (Å²) in [7, 11) is -9.34. The van der Waals surface area contributed by atoms with Gasteiger partial charge in [0.05, 0.1) is 26.4 Å². The minimum Gasteiger partial charge on any atom is -0.388 e. The van der Waals surface area contributed by atoms with Crippen molar-refractivity contribution >= 4 is 15.6 Å². The van der Waals surface area contributed by atoms with E-state index in [9.17, 15) is 9.13 Å². The third kappa shape index (κ3) is 14.3. The average molecular weight is 326 g/mol. The molecule has 0 aromatic carbocycles. The first-order valence-corrected chi connectivity index (χ1v) is 7.89. The van der Waals surface area contributed by atoms with E-state index in [4.69, 9.17) is 34.5 Å². The molecule has 11 nitrogen and oxygen atoms in total. The van der Waals surface area contributed by atoms with Gasteiger partial charge >= 0.3 is 15.6 Å². The smallest absolute Gasteiger partial charge is 0.388 e. The van der Waals surface area contributed by atoms with E-state index in [1.165, 1.54) is 0 Å². The monoisotopic (exact) mass is 326 g/mol. The maximum absolute atomic E-state index is 10.3. The first-order chi connectivity index (χ1) is 8.49. The third-order valence-electron chi connectivity index (χ3n) is 1.49. The van der Waals surface area contributed by atoms with Crippen molar-refractivity contribution in [1.82, 2.24) is 0 Å². The summed E-state index contributed by atoms with van der Waals surface area (Å²) in [5, 5.41) is 18.3. The highest BCUT2D eigenvalue weighted by molar-refractivity contribution is 7.46. The number of hydrogen-bond donors (Lipinski definition) is 6. The predicted octanol–water partition coefficient (Wildman–Crippen LogP) is -2.06. The minimum absolute atomic E-state index is 0.396. The Bertz CT molecular complexity index is 302. The molecule has 0 aliphatic rings. The number of ether oxygens (including phenoxy) is 1. The van der Waals surface area contributed by atoms with Crippen molar-refractivity contribution in [2.24, 2.45) is 0 Å². The van der Waals surface area contributed by atoms with E-state index < -0.39 is 54.3 Å². The molecule has 116 valence electrons.